The Morgan fingerprint density at radius 3 is 2.38 bits per heavy atom. The monoisotopic (exact) mass is 263 g/mol. The van der Waals surface area contributed by atoms with Crippen LogP contribution in [0.15, 0.2) is 30.3 Å². The highest BCUT2D eigenvalue weighted by molar-refractivity contribution is 9.10. The molecule has 0 aliphatic heterocycles. The summed E-state index contributed by atoms with van der Waals surface area (Å²) in [5.41, 5.74) is 0.951. The molecule has 1 aromatic rings. The Kier molecular flexibility index (Phi) is 3.90. The Bertz CT molecular complexity index is 350. The van der Waals surface area contributed by atoms with Crippen LogP contribution in [0, 0.1) is 0 Å². The molecule has 0 radical (unpaired) electrons. The van der Waals surface area contributed by atoms with Crippen LogP contribution in [-0.2, 0) is 16.6 Å². The third kappa shape index (κ3) is 3.89. The predicted octanol–water partition coefficient (Wildman–Crippen LogP) is 1.46. The molecule has 0 saturated heterocycles. The number of alkyl halides is 1. The summed E-state index contributed by atoms with van der Waals surface area (Å²) in [6.07, 6.45) is 0. The van der Waals surface area contributed by atoms with E-state index in [4.69, 9.17) is 0 Å². The molecule has 1 N–H and O–H groups in total. The normalized spacial score (nSPS) is 11.5. The van der Waals surface area contributed by atoms with Crippen LogP contribution >= 0.6 is 15.9 Å². The van der Waals surface area contributed by atoms with Crippen LogP contribution in [0.25, 0.3) is 0 Å². The standard InChI is InChI=1S/C8H10BrNO2S/c9-7-13(11,12)10-6-8-4-2-1-3-5-8/h1-5,10H,6-7H2. The minimum Gasteiger partial charge on any atom is -0.212 e. The predicted molar refractivity (Wildman–Crippen MR) is 56.0 cm³/mol. The van der Waals surface area contributed by atoms with Crippen molar-refractivity contribution in [3.05, 3.63) is 35.9 Å². The summed E-state index contributed by atoms with van der Waals surface area (Å²) in [5.74, 6) is 0. The van der Waals surface area contributed by atoms with E-state index in [1.807, 2.05) is 30.3 Å². The molecular weight excluding hydrogens is 254 g/mol. The molecule has 72 valence electrons. The van der Waals surface area contributed by atoms with Crippen molar-refractivity contribution in [2.24, 2.45) is 0 Å². The molecule has 5 heteroatoms. The Morgan fingerprint density at radius 1 is 1.23 bits per heavy atom. The van der Waals surface area contributed by atoms with E-state index >= 15 is 0 Å². The molecule has 0 aliphatic rings. The minimum absolute atomic E-state index is 0.0627. The second kappa shape index (κ2) is 4.74. The van der Waals surface area contributed by atoms with Gasteiger partial charge in [-0.25, -0.2) is 13.1 Å². The van der Waals surface area contributed by atoms with Gasteiger partial charge in [-0.2, -0.15) is 0 Å². The van der Waals surface area contributed by atoms with Crippen molar-refractivity contribution in [1.29, 1.82) is 0 Å². The van der Waals surface area contributed by atoms with Gasteiger partial charge in [0.05, 0.1) is 0 Å². The summed E-state index contributed by atoms with van der Waals surface area (Å²) in [4.78, 5) is 0. The lowest BCUT2D eigenvalue weighted by molar-refractivity contribution is 0.586. The molecule has 0 saturated carbocycles. The van der Waals surface area contributed by atoms with Gasteiger partial charge in [-0.3, -0.25) is 0 Å². The maximum Gasteiger partial charge on any atom is 0.221 e. The second-order valence-electron chi connectivity index (χ2n) is 2.53. The molecule has 0 heterocycles. The second-order valence-corrected chi connectivity index (χ2v) is 5.64. The van der Waals surface area contributed by atoms with E-state index in [-0.39, 0.29) is 4.66 Å². The van der Waals surface area contributed by atoms with E-state index in [0.717, 1.165) is 5.56 Å². The molecule has 0 atom stereocenters. The van der Waals surface area contributed by atoms with Gasteiger partial charge in [0, 0.05) is 6.54 Å². The van der Waals surface area contributed by atoms with E-state index in [1.54, 1.807) is 0 Å². The molecule has 0 amide bonds. The van der Waals surface area contributed by atoms with Crippen molar-refractivity contribution in [2.45, 2.75) is 6.54 Å². The van der Waals surface area contributed by atoms with E-state index in [9.17, 15) is 8.42 Å². The van der Waals surface area contributed by atoms with Crippen molar-refractivity contribution in [2.75, 3.05) is 4.66 Å². The van der Waals surface area contributed by atoms with Crippen molar-refractivity contribution in [3.63, 3.8) is 0 Å². The van der Waals surface area contributed by atoms with Crippen LogP contribution in [0.2, 0.25) is 0 Å². The van der Waals surface area contributed by atoms with Gasteiger partial charge in [0.2, 0.25) is 10.0 Å². The van der Waals surface area contributed by atoms with Gasteiger partial charge >= 0.3 is 0 Å². The van der Waals surface area contributed by atoms with Gasteiger partial charge in [-0.1, -0.05) is 46.3 Å². The highest BCUT2D eigenvalue weighted by Crippen LogP contribution is 1.99. The molecule has 0 spiro atoms. The fraction of sp³-hybridized carbons (Fsp3) is 0.250. The zero-order valence-electron chi connectivity index (χ0n) is 6.90. The van der Waals surface area contributed by atoms with Crippen molar-refractivity contribution in [1.82, 2.24) is 4.72 Å². The molecule has 1 aromatic carbocycles. The summed E-state index contributed by atoms with van der Waals surface area (Å²) < 4.78 is 24.4. The smallest absolute Gasteiger partial charge is 0.212 e. The largest absolute Gasteiger partial charge is 0.221 e. The maximum atomic E-state index is 11.0. The summed E-state index contributed by atoms with van der Waals surface area (Å²) in [5, 5.41) is 0. The average Bonchev–Trinajstić information content (AvgIpc) is 2.17. The molecule has 13 heavy (non-hydrogen) atoms. The molecule has 0 bridgehead atoms. The number of rotatable bonds is 4. The molecule has 0 aliphatic carbocycles. The Labute approximate surface area is 86.3 Å². The molecule has 0 aromatic heterocycles. The molecule has 3 nitrogen and oxygen atoms in total. The van der Waals surface area contributed by atoms with Gasteiger partial charge in [0.15, 0.2) is 0 Å². The zero-order chi connectivity index (χ0) is 9.73. The summed E-state index contributed by atoms with van der Waals surface area (Å²) >= 11 is 2.89. The van der Waals surface area contributed by atoms with E-state index < -0.39 is 10.0 Å². The third-order valence-electron chi connectivity index (χ3n) is 1.48. The van der Waals surface area contributed by atoms with Crippen LogP contribution in [-0.4, -0.2) is 13.1 Å². The van der Waals surface area contributed by atoms with Crippen LogP contribution in [0.5, 0.6) is 0 Å². The first kappa shape index (κ1) is 10.7. The highest BCUT2D eigenvalue weighted by Gasteiger charge is 2.05. The van der Waals surface area contributed by atoms with Gasteiger partial charge in [-0.05, 0) is 5.56 Å². The van der Waals surface area contributed by atoms with Crippen molar-refractivity contribution < 1.29 is 8.42 Å². The van der Waals surface area contributed by atoms with Gasteiger partial charge in [-0.15, -0.1) is 0 Å². The summed E-state index contributed by atoms with van der Waals surface area (Å²) in [6, 6.07) is 9.38. The highest BCUT2D eigenvalue weighted by atomic mass is 79.9. The fourth-order valence-corrected chi connectivity index (χ4v) is 1.78. The zero-order valence-corrected chi connectivity index (χ0v) is 9.31. The molecule has 0 fully saturated rings. The van der Waals surface area contributed by atoms with E-state index in [0.29, 0.717) is 6.54 Å². The first-order chi connectivity index (χ1) is 6.14. The van der Waals surface area contributed by atoms with Crippen molar-refractivity contribution >= 4 is 26.0 Å². The van der Waals surface area contributed by atoms with Crippen LogP contribution in [0.3, 0.4) is 0 Å². The Morgan fingerprint density at radius 2 is 1.85 bits per heavy atom. The minimum atomic E-state index is -3.15. The number of benzene rings is 1. The number of hydrogen-bond donors (Lipinski definition) is 1. The van der Waals surface area contributed by atoms with Crippen LogP contribution < -0.4 is 4.72 Å². The maximum absolute atomic E-state index is 11.0. The quantitative estimate of drug-likeness (QED) is 0.837. The average molecular weight is 264 g/mol. The van der Waals surface area contributed by atoms with Crippen LogP contribution in [0.1, 0.15) is 5.56 Å². The number of nitrogens with one attached hydrogen (secondary N) is 1. The summed E-state index contributed by atoms with van der Waals surface area (Å²) in [7, 11) is -3.15. The Hall–Kier alpha value is -0.390. The lowest BCUT2D eigenvalue weighted by Crippen LogP contribution is -2.23. The fourth-order valence-electron chi connectivity index (χ4n) is 0.828. The third-order valence-corrected chi connectivity index (χ3v) is 4.16. The first-order valence-corrected chi connectivity index (χ1v) is 6.48. The van der Waals surface area contributed by atoms with Gasteiger partial charge in [0.1, 0.15) is 4.66 Å². The summed E-state index contributed by atoms with van der Waals surface area (Å²) in [6.45, 7) is 0.342. The molecule has 0 unspecified atom stereocenters. The van der Waals surface area contributed by atoms with Crippen LogP contribution in [0.4, 0.5) is 0 Å². The van der Waals surface area contributed by atoms with Crippen molar-refractivity contribution in [3.8, 4) is 0 Å². The van der Waals surface area contributed by atoms with Gasteiger partial charge in [0.25, 0.3) is 0 Å². The lowest BCUT2D eigenvalue weighted by atomic mass is 10.2. The number of sulfonamides is 1. The Balaban J connectivity index is 2.54. The van der Waals surface area contributed by atoms with E-state index in [1.165, 1.54) is 0 Å². The lowest BCUT2D eigenvalue weighted by Gasteiger charge is -2.02. The topological polar surface area (TPSA) is 46.2 Å². The van der Waals surface area contributed by atoms with Gasteiger partial charge < -0.3 is 0 Å². The molecule has 1 rings (SSSR count). The number of halogens is 1. The molecular formula is C8H10BrNO2S. The first-order valence-electron chi connectivity index (χ1n) is 3.71. The number of hydrogen-bond acceptors (Lipinski definition) is 2. The van der Waals surface area contributed by atoms with E-state index in [2.05, 4.69) is 20.7 Å². The SMILES string of the molecule is O=S(=O)(CBr)NCc1ccccc1.